The lowest BCUT2D eigenvalue weighted by molar-refractivity contribution is -0.385. The number of aromatic hydroxyl groups is 1. The van der Waals surface area contributed by atoms with Crippen molar-refractivity contribution < 1.29 is 14.8 Å². The second-order valence-corrected chi connectivity index (χ2v) is 3.05. The van der Waals surface area contributed by atoms with E-state index in [0.717, 1.165) is 0 Å². The summed E-state index contributed by atoms with van der Waals surface area (Å²) in [5, 5.41) is 19.8. The summed E-state index contributed by atoms with van der Waals surface area (Å²) in [4.78, 5) is 9.84. The molecule has 1 aromatic rings. The largest absolute Gasteiger partial charge is 0.502 e. The number of nitro groups is 1. The predicted molar refractivity (Wildman–Crippen MR) is 47.2 cm³/mol. The van der Waals surface area contributed by atoms with Crippen LogP contribution in [-0.4, -0.2) is 16.6 Å². The fraction of sp³-hybridized carbons (Fsp3) is 0.250. The lowest BCUT2D eigenvalue weighted by atomic mass is 10.1. The smallest absolute Gasteiger partial charge is 0.311 e. The molecule has 3 N–H and O–H groups in total. The van der Waals surface area contributed by atoms with E-state index in [0.29, 0.717) is 11.3 Å². The van der Waals surface area contributed by atoms with Crippen molar-refractivity contribution in [3.63, 3.8) is 0 Å². The number of nitrogens with zero attached hydrogens (tertiary/aromatic N) is 1. The topological polar surface area (TPSA) is 98.6 Å². The van der Waals surface area contributed by atoms with Crippen molar-refractivity contribution in [3.05, 3.63) is 27.8 Å². The second-order valence-electron chi connectivity index (χ2n) is 3.05. The van der Waals surface area contributed by atoms with Gasteiger partial charge in [-0.25, -0.2) is 0 Å². The highest BCUT2D eigenvalue weighted by atomic mass is 16.6. The van der Waals surface area contributed by atoms with E-state index >= 15 is 0 Å². The lowest BCUT2D eigenvalue weighted by Crippen LogP contribution is -2.10. The molecule has 14 heavy (non-hydrogen) atoms. The maximum atomic E-state index is 10.5. The molecule has 1 aliphatic heterocycles. The van der Waals surface area contributed by atoms with Crippen molar-refractivity contribution in [3.8, 4) is 11.5 Å². The van der Waals surface area contributed by atoms with Crippen molar-refractivity contribution in [1.82, 2.24) is 0 Å². The van der Waals surface area contributed by atoms with Crippen molar-refractivity contribution in [1.29, 1.82) is 0 Å². The number of ether oxygens (including phenoxy) is 1. The zero-order chi connectivity index (χ0) is 10.3. The van der Waals surface area contributed by atoms with Crippen LogP contribution in [0.15, 0.2) is 12.1 Å². The normalized spacial score (nSPS) is 18.8. The minimum atomic E-state index is -0.652. The van der Waals surface area contributed by atoms with Crippen LogP contribution in [-0.2, 0) is 0 Å². The summed E-state index contributed by atoms with van der Waals surface area (Å²) in [7, 11) is 0. The Bertz CT molecular complexity index is 405. The molecule has 0 fully saturated rings. The van der Waals surface area contributed by atoms with Gasteiger partial charge in [0, 0.05) is 17.7 Å². The van der Waals surface area contributed by atoms with E-state index in [4.69, 9.17) is 10.5 Å². The standard InChI is InChI=1S/C8H8N2O4/c9-5-3-14-8-2-7(11)6(10(12)13)1-4(5)8/h1-2,5,11H,3,9H2. The van der Waals surface area contributed by atoms with E-state index in [-0.39, 0.29) is 18.3 Å². The molecule has 1 aliphatic rings. The Morgan fingerprint density at radius 3 is 3.00 bits per heavy atom. The van der Waals surface area contributed by atoms with E-state index in [1.807, 2.05) is 0 Å². The van der Waals surface area contributed by atoms with Crippen molar-refractivity contribution >= 4 is 5.69 Å². The van der Waals surface area contributed by atoms with Crippen LogP contribution in [0, 0.1) is 10.1 Å². The maximum absolute atomic E-state index is 10.5. The van der Waals surface area contributed by atoms with Gasteiger partial charge in [-0.15, -0.1) is 0 Å². The van der Waals surface area contributed by atoms with Crippen LogP contribution in [0.5, 0.6) is 11.5 Å². The monoisotopic (exact) mass is 196 g/mol. The third-order valence-corrected chi connectivity index (χ3v) is 2.12. The highest BCUT2D eigenvalue weighted by Gasteiger charge is 2.26. The summed E-state index contributed by atoms with van der Waals surface area (Å²) in [5.41, 5.74) is 5.86. The Labute approximate surface area is 79.1 Å². The average molecular weight is 196 g/mol. The Kier molecular flexibility index (Phi) is 1.78. The Hall–Kier alpha value is -1.82. The molecule has 1 atom stereocenters. The quantitative estimate of drug-likeness (QED) is 0.508. The van der Waals surface area contributed by atoms with Gasteiger partial charge in [0.2, 0.25) is 0 Å². The van der Waals surface area contributed by atoms with Gasteiger partial charge in [-0.05, 0) is 0 Å². The molecular weight excluding hydrogens is 188 g/mol. The number of phenols is 1. The van der Waals surface area contributed by atoms with Gasteiger partial charge < -0.3 is 15.6 Å². The Morgan fingerprint density at radius 1 is 1.64 bits per heavy atom. The molecule has 6 nitrogen and oxygen atoms in total. The molecule has 2 rings (SSSR count). The fourth-order valence-corrected chi connectivity index (χ4v) is 1.40. The third-order valence-electron chi connectivity index (χ3n) is 2.12. The first kappa shape index (κ1) is 8.76. The van der Waals surface area contributed by atoms with Crippen LogP contribution >= 0.6 is 0 Å². The SMILES string of the molecule is NC1COc2cc(O)c([N+](=O)[O-])cc21. The number of benzene rings is 1. The van der Waals surface area contributed by atoms with Crippen LogP contribution in [0.4, 0.5) is 5.69 Å². The third kappa shape index (κ3) is 1.16. The van der Waals surface area contributed by atoms with Gasteiger partial charge in [0.25, 0.3) is 0 Å². The fourth-order valence-electron chi connectivity index (χ4n) is 1.40. The minimum Gasteiger partial charge on any atom is -0.502 e. The molecule has 6 heteroatoms. The Balaban J connectivity index is 2.57. The van der Waals surface area contributed by atoms with Crippen LogP contribution in [0.3, 0.4) is 0 Å². The average Bonchev–Trinajstić information content (AvgIpc) is 2.46. The molecule has 0 spiro atoms. The second kappa shape index (κ2) is 2.85. The zero-order valence-electron chi connectivity index (χ0n) is 7.14. The number of phenolic OH excluding ortho intramolecular Hbond substituents is 1. The summed E-state index contributed by atoms with van der Waals surface area (Å²) >= 11 is 0. The van der Waals surface area contributed by atoms with E-state index in [9.17, 15) is 15.2 Å². The van der Waals surface area contributed by atoms with E-state index in [1.54, 1.807) is 0 Å². The molecule has 1 heterocycles. The number of nitrogens with two attached hydrogens (primary N) is 1. The van der Waals surface area contributed by atoms with Gasteiger partial charge in [-0.1, -0.05) is 0 Å². The molecule has 0 saturated heterocycles. The Morgan fingerprint density at radius 2 is 2.36 bits per heavy atom. The first-order valence-corrected chi connectivity index (χ1v) is 3.99. The molecular formula is C8H8N2O4. The van der Waals surface area contributed by atoms with E-state index in [1.165, 1.54) is 12.1 Å². The molecule has 0 saturated carbocycles. The van der Waals surface area contributed by atoms with E-state index < -0.39 is 10.7 Å². The molecule has 0 aromatic heterocycles. The van der Waals surface area contributed by atoms with Gasteiger partial charge in [0.1, 0.15) is 12.4 Å². The summed E-state index contributed by atoms with van der Waals surface area (Å²) < 4.78 is 5.12. The van der Waals surface area contributed by atoms with Crippen LogP contribution < -0.4 is 10.5 Å². The van der Waals surface area contributed by atoms with Crippen LogP contribution in [0.25, 0.3) is 0 Å². The number of rotatable bonds is 1. The summed E-state index contributed by atoms with van der Waals surface area (Å²) in [6, 6.07) is 2.12. The van der Waals surface area contributed by atoms with Gasteiger partial charge in [0.15, 0.2) is 5.75 Å². The van der Waals surface area contributed by atoms with Crippen molar-refractivity contribution in [2.24, 2.45) is 5.73 Å². The summed E-state index contributed by atoms with van der Waals surface area (Å²) in [5.74, 6) is 0.0171. The molecule has 0 radical (unpaired) electrons. The molecule has 1 aromatic carbocycles. The minimum absolute atomic E-state index is 0.288. The van der Waals surface area contributed by atoms with Gasteiger partial charge in [0.05, 0.1) is 11.0 Å². The number of fused-ring (bicyclic) bond motifs is 1. The van der Waals surface area contributed by atoms with Gasteiger partial charge in [-0.3, -0.25) is 10.1 Å². The van der Waals surface area contributed by atoms with Crippen LogP contribution in [0.1, 0.15) is 11.6 Å². The number of hydrogen-bond donors (Lipinski definition) is 2. The van der Waals surface area contributed by atoms with Crippen molar-refractivity contribution in [2.75, 3.05) is 6.61 Å². The molecule has 74 valence electrons. The summed E-state index contributed by atoms with van der Waals surface area (Å²) in [6.07, 6.45) is 0. The highest BCUT2D eigenvalue weighted by molar-refractivity contribution is 5.56. The first-order chi connectivity index (χ1) is 6.59. The zero-order valence-corrected chi connectivity index (χ0v) is 7.14. The molecule has 0 bridgehead atoms. The highest BCUT2D eigenvalue weighted by Crippen LogP contribution is 2.39. The van der Waals surface area contributed by atoms with Crippen molar-refractivity contribution in [2.45, 2.75) is 6.04 Å². The van der Waals surface area contributed by atoms with E-state index in [2.05, 4.69) is 0 Å². The van der Waals surface area contributed by atoms with Gasteiger partial charge in [-0.2, -0.15) is 0 Å². The maximum Gasteiger partial charge on any atom is 0.311 e. The van der Waals surface area contributed by atoms with Gasteiger partial charge >= 0.3 is 5.69 Å². The van der Waals surface area contributed by atoms with Crippen LogP contribution in [0.2, 0.25) is 0 Å². The first-order valence-electron chi connectivity index (χ1n) is 3.99. The predicted octanol–water partition coefficient (Wildman–Crippen LogP) is 0.693. The molecule has 1 unspecified atom stereocenters. The molecule has 0 aliphatic carbocycles. The molecule has 0 amide bonds. The summed E-state index contributed by atoms with van der Waals surface area (Å²) in [6.45, 7) is 0.288. The number of hydrogen-bond acceptors (Lipinski definition) is 5. The lowest BCUT2D eigenvalue weighted by Gasteiger charge is -2.01. The number of nitro benzene ring substituents is 1.